The van der Waals surface area contributed by atoms with E-state index in [-0.39, 0.29) is 18.4 Å². The lowest BCUT2D eigenvalue weighted by Crippen LogP contribution is -2.17. The summed E-state index contributed by atoms with van der Waals surface area (Å²) >= 11 is 0. The van der Waals surface area contributed by atoms with Crippen molar-refractivity contribution in [3.8, 4) is 0 Å². The molecule has 0 bridgehead atoms. The molecule has 0 aliphatic heterocycles. The Kier molecular flexibility index (Phi) is 4.15. The van der Waals surface area contributed by atoms with Crippen molar-refractivity contribution in [2.45, 2.75) is 38.2 Å². The fourth-order valence-electron chi connectivity index (χ4n) is 4.20. The zero-order valence-electron chi connectivity index (χ0n) is 12.0. The van der Waals surface area contributed by atoms with Crippen LogP contribution in [0.4, 0.5) is 0 Å². The smallest absolute Gasteiger partial charge is 0.303 e. The topological polar surface area (TPSA) is 70.7 Å². The number of carbonyl (C=O) groups is 1. The SMILES string of the molecule is O=C(O)CCC1C[C@H]2C[C@@H](O)[C@H](/C=C/c3ccco3)[C@H]2C1. The highest BCUT2D eigenvalue weighted by molar-refractivity contribution is 5.66. The highest BCUT2D eigenvalue weighted by atomic mass is 16.4. The number of aliphatic hydroxyl groups excluding tert-OH is 1. The van der Waals surface area contributed by atoms with Crippen molar-refractivity contribution in [2.75, 3.05) is 0 Å². The molecular weight excluding hydrogens is 268 g/mol. The minimum Gasteiger partial charge on any atom is -0.481 e. The van der Waals surface area contributed by atoms with Crippen molar-refractivity contribution in [3.05, 3.63) is 30.2 Å². The van der Waals surface area contributed by atoms with Crippen molar-refractivity contribution >= 4 is 12.0 Å². The number of aliphatic carboxylic acids is 1. The van der Waals surface area contributed by atoms with Crippen LogP contribution in [0, 0.1) is 23.7 Å². The van der Waals surface area contributed by atoms with Crippen molar-refractivity contribution in [1.82, 2.24) is 0 Å². The number of hydrogen-bond acceptors (Lipinski definition) is 3. The van der Waals surface area contributed by atoms with E-state index in [1.165, 1.54) is 0 Å². The van der Waals surface area contributed by atoms with Crippen molar-refractivity contribution in [1.29, 1.82) is 0 Å². The first-order valence-electron chi connectivity index (χ1n) is 7.75. The first kappa shape index (κ1) is 14.4. The average molecular weight is 290 g/mol. The van der Waals surface area contributed by atoms with Crippen LogP contribution in [0.1, 0.15) is 37.9 Å². The molecule has 2 aliphatic rings. The van der Waals surface area contributed by atoms with Crippen LogP contribution in [0.2, 0.25) is 0 Å². The Hall–Kier alpha value is -1.55. The molecule has 0 amide bonds. The molecular formula is C17H22O4. The second-order valence-electron chi connectivity index (χ2n) is 6.45. The maximum Gasteiger partial charge on any atom is 0.303 e. The molecule has 21 heavy (non-hydrogen) atoms. The summed E-state index contributed by atoms with van der Waals surface area (Å²) in [5.41, 5.74) is 0. The molecule has 1 aromatic heterocycles. The van der Waals surface area contributed by atoms with Gasteiger partial charge in [-0.15, -0.1) is 0 Å². The molecule has 4 heteroatoms. The molecule has 0 spiro atoms. The number of rotatable bonds is 5. The molecule has 114 valence electrons. The molecule has 5 atom stereocenters. The Morgan fingerprint density at radius 2 is 2.24 bits per heavy atom. The molecule has 0 saturated heterocycles. The third-order valence-electron chi connectivity index (χ3n) is 5.12. The molecule has 2 fully saturated rings. The highest BCUT2D eigenvalue weighted by Crippen LogP contribution is 2.51. The summed E-state index contributed by atoms with van der Waals surface area (Å²) in [7, 11) is 0. The van der Waals surface area contributed by atoms with Gasteiger partial charge < -0.3 is 14.6 Å². The summed E-state index contributed by atoms with van der Waals surface area (Å²) in [6.45, 7) is 0. The summed E-state index contributed by atoms with van der Waals surface area (Å²) < 4.78 is 5.29. The van der Waals surface area contributed by atoms with Gasteiger partial charge in [0, 0.05) is 12.3 Å². The van der Waals surface area contributed by atoms with Crippen LogP contribution in [-0.4, -0.2) is 22.3 Å². The Balaban J connectivity index is 1.61. The highest BCUT2D eigenvalue weighted by Gasteiger charge is 2.46. The molecule has 2 saturated carbocycles. The van der Waals surface area contributed by atoms with Gasteiger partial charge in [0.1, 0.15) is 5.76 Å². The maximum atomic E-state index is 10.7. The summed E-state index contributed by atoms with van der Waals surface area (Å²) in [6.07, 6.45) is 9.39. The van der Waals surface area contributed by atoms with Gasteiger partial charge in [0.15, 0.2) is 0 Å². The average Bonchev–Trinajstić information content (AvgIpc) is 3.11. The number of carboxylic acid groups (broad SMARTS) is 1. The summed E-state index contributed by atoms with van der Waals surface area (Å²) in [6, 6.07) is 3.75. The van der Waals surface area contributed by atoms with Crippen molar-refractivity contribution in [2.24, 2.45) is 23.7 Å². The fourth-order valence-corrected chi connectivity index (χ4v) is 4.20. The zero-order chi connectivity index (χ0) is 14.8. The summed E-state index contributed by atoms with van der Waals surface area (Å²) in [5.74, 6) is 1.82. The Morgan fingerprint density at radius 3 is 2.95 bits per heavy atom. The molecule has 1 aromatic rings. The van der Waals surface area contributed by atoms with E-state index in [9.17, 15) is 9.90 Å². The summed E-state index contributed by atoms with van der Waals surface area (Å²) in [5, 5.41) is 19.1. The van der Waals surface area contributed by atoms with Gasteiger partial charge in [-0.25, -0.2) is 0 Å². The van der Waals surface area contributed by atoms with E-state index < -0.39 is 5.97 Å². The van der Waals surface area contributed by atoms with Crippen LogP contribution in [0.25, 0.3) is 6.08 Å². The standard InChI is InChI=1S/C17H22O4/c18-16-10-12-8-11(3-6-17(19)20)9-15(12)14(16)5-4-13-2-1-7-21-13/h1-2,4-5,7,11-12,14-16,18H,3,6,8-10H2,(H,19,20)/b5-4+/t11?,12-,14+,15-,16+/m0/s1. The van der Waals surface area contributed by atoms with Crippen LogP contribution < -0.4 is 0 Å². The molecule has 1 heterocycles. The summed E-state index contributed by atoms with van der Waals surface area (Å²) in [4.78, 5) is 10.7. The number of aliphatic hydroxyl groups is 1. The second-order valence-corrected chi connectivity index (χ2v) is 6.45. The van der Waals surface area contributed by atoms with Gasteiger partial charge in [-0.05, 0) is 61.6 Å². The Morgan fingerprint density at radius 1 is 1.38 bits per heavy atom. The Bertz CT molecular complexity index is 505. The van der Waals surface area contributed by atoms with Crippen molar-refractivity contribution < 1.29 is 19.4 Å². The third kappa shape index (κ3) is 3.21. The van der Waals surface area contributed by atoms with Crippen molar-refractivity contribution in [3.63, 3.8) is 0 Å². The first-order valence-corrected chi connectivity index (χ1v) is 7.75. The van der Waals surface area contributed by atoms with Gasteiger partial charge in [0.2, 0.25) is 0 Å². The Labute approximate surface area is 124 Å². The van der Waals surface area contributed by atoms with Crippen LogP contribution in [0.3, 0.4) is 0 Å². The van der Waals surface area contributed by atoms with E-state index in [4.69, 9.17) is 9.52 Å². The molecule has 2 aliphatic carbocycles. The minimum absolute atomic E-state index is 0.176. The number of carboxylic acids is 1. The lowest BCUT2D eigenvalue weighted by atomic mass is 9.89. The number of hydrogen-bond donors (Lipinski definition) is 2. The zero-order valence-corrected chi connectivity index (χ0v) is 12.0. The van der Waals surface area contributed by atoms with Crippen LogP contribution in [-0.2, 0) is 4.79 Å². The van der Waals surface area contributed by atoms with E-state index in [2.05, 4.69) is 6.08 Å². The fraction of sp³-hybridized carbons (Fsp3) is 0.588. The predicted molar refractivity (Wildman–Crippen MR) is 78.4 cm³/mol. The lowest BCUT2D eigenvalue weighted by molar-refractivity contribution is -0.137. The van der Waals surface area contributed by atoms with Gasteiger partial charge in [0.05, 0.1) is 12.4 Å². The van der Waals surface area contributed by atoms with Gasteiger partial charge in [-0.3, -0.25) is 4.79 Å². The van der Waals surface area contributed by atoms with Crippen LogP contribution in [0.15, 0.2) is 28.9 Å². The van der Waals surface area contributed by atoms with Crippen LogP contribution in [0.5, 0.6) is 0 Å². The lowest BCUT2D eigenvalue weighted by Gasteiger charge is -2.18. The molecule has 0 radical (unpaired) electrons. The number of furan rings is 1. The molecule has 3 rings (SSSR count). The predicted octanol–water partition coefficient (Wildman–Crippen LogP) is 3.18. The van der Waals surface area contributed by atoms with E-state index >= 15 is 0 Å². The molecule has 2 N–H and O–H groups in total. The first-order chi connectivity index (χ1) is 10.1. The second kappa shape index (κ2) is 6.06. The minimum atomic E-state index is -0.707. The third-order valence-corrected chi connectivity index (χ3v) is 5.12. The quantitative estimate of drug-likeness (QED) is 0.873. The van der Waals surface area contributed by atoms with Crippen LogP contribution >= 0.6 is 0 Å². The van der Waals surface area contributed by atoms with E-state index in [0.29, 0.717) is 17.8 Å². The maximum absolute atomic E-state index is 10.7. The molecule has 0 aromatic carbocycles. The monoisotopic (exact) mass is 290 g/mol. The van der Waals surface area contributed by atoms with E-state index in [1.54, 1.807) is 6.26 Å². The van der Waals surface area contributed by atoms with E-state index in [0.717, 1.165) is 31.4 Å². The molecule has 1 unspecified atom stereocenters. The largest absolute Gasteiger partial charge is 0.481 e. The van der Waals surface area contributed by atoms with Gasteiger partial charge in [-0.2, -0.15) is 0 Å². The normalized spacial score (nSPS) is 35.4. The van der Waals surface area contributed by atoms with Gasteiger partial charge >= 0.3 is 5.97 Å². The van der Waals surface area contributed by atoms with Gasteiger partial charge in [0.25, 0.3) is 0 Å². The number of fused-ring (bicyclic) bond motifs is 1. The van der Waals surface area contributed by atoms with E-state index in [1.807, 2.05) is 18.2 Å². The van der Waals surface area contributed by atoms with Gasteiger partial charge in [-0.1, -0.05) is 6.08 Å². The molecule has 4 nitrogen and oxygen atoms in total.